The maximum absolute atomic E-state index is 12.2. The fourth-order valence-corrected chi connectivity index (χ4v) is 3.47. The standard InChI is InChI=1S/C16H17N3O2/c1-18-15(20)8-14(16(18)21)19-7-6-13-11(9-19)10-4-2-3-5-12(10)17-13/h2-5,14,17H,6-9H2,1H3. The highest BCUT2D eigenvalue weighted by molar-refractivity contribution is 6.05. The molecule has 2 aliphatic rings. The van der Waals surface area contributed by atoms with Crippen LogP contribution in [0.3, 0.4) is 0 Å². The molecule has 2 amide bonds. The summed E-state index contributed by atoms with van der Waals surface area (Å²) in [6.07, 6.45) is 1.21. The van der Waals surface area contributed by atoms with Crippen molar-refractivity contribution < 1.29 is 9.59 Å². The lowest BCUT2D eigenvalue weighted by Gasteiger charge is -2.30. The molecule has 2 aliphatic heterocycles. The van der Waals surface area contributed by atoms with E-state index in [0.717, 1.165) is 25.0 Å². The molecular weight excluding hydrogens is 266 g/mol. The number of amides is 2. The van der Waals surface area contributed by atoms with Crippen LogP contribution in [0.5, 0.6) is 0 Å². The Morgan fingerprint density at radius 2 is 2.05 bits per heavy atom. The van der Waals surface area contributed by atoms with Gasteiger partial charge in [0.1, 0.15) is 0 Å². The molecule has 1 unspecified atom stereocenters. The van der Waals surface area contributed by atoms with Crippen LogP contribution < -0.4 is 0 Å². The summed E-state index contributed by atoms with van der Waals surface area (Å²) >= 11 is 0. The number of H-pyrrole nitrogens is 1. The molecule has 5 nitrogen and oxygen atoms in total. The Hall–Kier alpha value is -2.14. The molecule has 21 heavy (non-hydrogen) atoms. The molecule has 5 heteroatoms. The zero-order valence-corrected chi connectivity index (χ0v) is 11.9. The van der Waals surface area contributed by atoms with Crippen molar-refractivity contribution in [3.8, 4) is 0 Å². The molecule has 1 fully saturated rings. The van der Waals surface area contributed by atoms with Gasteiger partial charge in [-0.2, -0.15) is 0 Å². The SMILES string of the molecule is CN1C(=O)CC(N2CCc3[nH]c4ccccc4c3C2)C1=O. The maximum Gasteiger partial charge on any atom is 0.246 e. The normalized spacial score (nSPS) is 23.1. The van der Waals surface area contributed by atoms with E-state index in [0.29, 0.717) is 6.42 Å². The predicted octanol–water partition coefficient (Wildman–Crippen LogP) is 1.28. The third-order valence-electron chi connectivity index (χ3n) is 4.71. The van der Waals surface area contributed by atoms with E-state index in [9.17, 15) is 9.59 Å². The number of likely N-dealkylation sites (N-methyl/N-ethyl adjacent to an activating group) is 1. The second-order valence-corrected chi connectivity index (χ2v) is 5.86. The third kappa shape index (κ3) is 1.81. The van der Waals surface area contributed by atoms with Crippen molar-refractivity contribution >= 4 is 22.7 Å². The average molecular weight is 283 g/mol. The van der Waals surface area contributed by atoms with Crippen LogP contribution in [0.4, 0.5) is 0 Å². The summed E-state index contributed by atoms with van der Waals surface area (Å²) in [4.78, 5) is 30.8. The molecule has 2 aromatic rings. The van der Waals surface area contributed by atoms with Crippen LogP contribution in [0.25, 0.3) is 10.9 Å². The first kappa shape index (κ1) is 12.6. The number of carbonyl (C=O) groups excluding carboxylic acids is 2. The third-order valence-corrected chi connectivity index (χ3v) is 4.71. The number of benzene rings is 1. The van der Waals surface area contributed by atoms with Crippen molar-refractivity contribution in [3.05, 3.63) is 35.5 Å². The summed E-state index contributed by atoms with van der Waals surface area (Å²) in [5.74, 6) is -0.141. The molecule has 3 heterocycles. The number of rotatable bonds is 1. The minimum atomic E-state index is -0.288. The van der Waals surface area contributed by atoms with Crippen LogP contribution in [0.15, 0.2) is 24.3 Å². The molecule has 1 aromatic carbocycles. The first-order valence-corrected chi connectivity index (χ1v) is 7.28. The molecule has 4 rings (SSSR count). The van der Waals surface area contributed by atoms with E-state index in [2.05, 4.69) is 22.0 Å². The van der Waals surface area contributed by atoms with Crippen molar-refractivity contribution in [2.45, 2.75) is 25.4 Å². The van der Waals surface area contributed by atoms with Crippen molar-refractivity contribution in [1.82, 2.24) is 14.8 Å². The first-order valence-electron chi connectivity index (χ1n) is 7.28. The molecule has 0 spiro atoms. The summed E-state index contributed by atoms with van der Waals surface area (Å²) in [7, 11) is 1.58. The van der Waals surface area contributed by atoms with Crippen LogP contribution >= 0.6 is 0 Å². The Bertz CT molecular complexity index is 749. The van der Waals surface area contributed by atoms with E-state index in [1.165, 1.54) is 21.5 Å². The maximum atomic E-state index is 12.2. The number of nitrogens with one attached hydrogen (secondary N) is 1. The molecule has 1 atom stereocenters. The van der Waals surface area contributed by atoms with E-state index >= 15 is 0 Å². The summed E-state index contributed by atoms with van der Waals surface area (Å²) < 4.78 is 0. The van der Waals surface area contributed by atoms with Gasteiger partial charge in [-0.3, -0.25) is 19.4 Å². The predicted molar refractivity (Wildman–Crippen MR) is 78.6 cm³/mol. The van der Waals surface area contributed by atoms with Crippen LogP contribution in [0, 0.1) is 0 Å². The van der Waals surface area contributed by atoms with Gasteiger partial charge in [-0.25, -0.2) is 0 Å². The topological polar surface area (TPSA) is 56.4 Å². The van der Waals surface area contributed by atoms with E-state index in [-0.39, 0.29) is 17.9 Å². The lowest BCUT2D eigenvalue weighted by molar-refractivity contribution is -0.138. The van der Waals surface area contributed by atoms with Gasteiger partial charge >= 0.3 is 0 Å². The second kappa shape index (κ2) is 4.43. The zero-order chi connectivity index (χ0) is 14.6. The highest BCUT2D eigenvalue weighted by Gasteiger charge is 2.40. The molecule has 108 valence electrons. The molecule has 1 aromatic heterocycles. The highest BCUT2D eigenvalue weighted by Crippen LogP contribution is 2.30. The summed E-state index contributed by atoms with van der Waals surface area (Å²) in [6, 6.07) is 7.96. The molecular formula is C16H17N3O2. The van der Waals surface area contributed by atoms with Crippen molar-refractivity contribution in [3.63, 3.8) is 0 Å². The van der Waals surface area contributed by atoms with Gasteiger partial charge in [0.2, 0.25) is 11.8 Å². The number of para-hydroxylation sites is 1. The lowest BCUT2D eigenvalue weighted by Crippen LogP contribution is -2.43. The Morgan fingerprint density at radius 1 is 1.24 bits per heavy atom. The number of imide groups is 1. The molecule has 1 saturated heterocycles. The number of likely N-dealkylation sites (tertiary alicyclic amines) is 1. The number of nitrogens with zero attached hydrogens (tertiary/aromatic N) is 2. The van der Waals surface area contributed by atoms with Gasteiger partial charge in [-0.1, -0.05) is 18.2 Å². The van der Waals surface area contributed by atoms with Gasteiger partial charge in [0, 0.05) is 43.2 Å². The van der Waals surface area contributed by atoms with E-state index in [1.807, 2.05) is 12.1 Å². The molecule has 0 radical (unpaired) electrons. The van der Waals surface area contributed by atoms with Crippen molar-refractivity contribution in [2.75, 3.05) is 13.6 Å². The Kier molecular flexibility index (Phi) is 2.65. The second-order valence-electron chi connectivity index (χ2n) is 5.86. The van der Waals surface area contributed by atoms with Crippen molar-refractivity contribution in [2.24, 2.45) is 0 Å². The van der Waals surface area contributed by atoms with Gasteiger partial charge in [0.15, 0.2) is 0 Å². The van der Waals surface area contributed by atoms with Gasteiger partial charge < -0.3 is 4.98 Å². The van der Waals surface area contributed by atoms with Crippen LogP contribution in [-0.4, -0.2) is 46.2 Å². The highest BCUT2D eigenvalue weighted by atomic mass is 16.2. The smallest absolute Gasteiger partial charge is 0.246 e. The Balaban J connectivity index is 1.68. The summed E-state index contributed by atoms with van der Waals surface area (Å²) in [5.41, 5.74) is 3.68. The number of aromatic nitrogens is 1. The van der Waals surface area contributed by atoms with Crippen LogP contribution in [0.2, 0.25) is 0 Å². The summed E-state index contributed by atoms with van der Waals surface area (Å²) in [6.45, 7) is 1.55. The minimum Gasteiger partial charge on any atom is -0.358 e. The van der Waals surface area contributed by atoms with E-state index in [1.54, 1.807) is 7.05 Å². The largest absolute Gasteiger partial charge is 0.358 e. The fourth-order valence-electron chi connectivity index (χ4n) is 3.47. The quantitative estimate of drug-likeness (QED) is 0.802. The molecule has 0 bridgehead atoms. The lowest BCUT2D eigenvalue weighted by atomic mass is 10.0. The Labute approximate surface area is 122 Å². The molecule has 0 aliphatic carbocycles. The average Bonchev–Trinajstić information content (AvgIpc) is 2.99. The number of hydrogen-bond donors (Lipinski definition) is 1. The number of fused-ring (bicyclic) bond motifs is 3. The monoisotopic (exact) mass is 283 g/mol. The minimum absolute atomic E-state index is 0.0664. The molecule has 0 saturated carbocycles. The van der Waals surface area contributed by atoms with Crippen molar-refractivity contribution in [1.29, 1.82) is 0 Å². The van der Waals surface area contributed by atoms with E-state index < -0.39 is 0 Å². The molecule has 1 N–H and O–H groups in total. The number of aromatic amines is 1. The zero-order valence-electron chi connectivity index (χ0n) is 11.9. The van der Waals surface area contributed by atoms with Gasteiger partial charge in [-0.05, 0) is 11.6 Å². The van der Waals surface area contributed by atoms with Crippen LogP contribution in [0.1, 0.15) is 17.7 Å². The number of hydrogen-bond acceptors (Lipinski definition) is 3. The first-order chi connectivity index (χ1) is 10.1. The van der Waals surface area contributed by atoms with Crippen LogP contribution in [-0.2, 0) is 22.6 Å². The van der Waals surface area contributed by atoms with Gasteiger partial charge in [0.25, 0.3) is 0 Å². The van der Waals surface area contributed by atoms with Gasteiger partial charge in [-0.15, -0.1) is 0 Å². The summed E-state index contributed by atoms with van der Waals surface area (Å²) in [5, 5.41) is 1.22. The Morgan fingerprint density at radius 3 is 2.81 bits per heavy atom. The van der Waals surface area contributed by atoms with Gasteiger partial charge in [0.05, 0.1) is 12.5 Å². The number of carbonyl (C=O) groups is 2. The van der Waals surface area contributed by atoms with E-state index in [4.69, 9.17) is 0 Å². The fraction of sp³-hybridized carbons (Fsp3) is 0.375.